The first-order valence-electron chi connectivity index (χ1n) is 8.91. The third kappa shape index (κ3) is 5.74. The molecule has 2 aromatic carbocycles. The second kappa shape index (κ2) is 10.2. The van der Waals surface area contributed by atoms with Gasteiger partial charge in [0.2, 0.25) is 5.91 Å². The fraction of sp³-hybridized carbons (Fsp3) is 0.333. The maximum absolute atomic E-state index is 12.5. The van der Waals surface area contributed by atoms with E-state index in [2.05, 4.69) is 5.32 Å². The zero-order chi connectivity index (χ0) is 19.6. The van der Waals surface area contributed by atoms with Crippen LogP contribution >= 0.6 is 0 Å². The fourth-order valence-electron chi connectivity index (χ4n) is 2.71. The lowest BCUT2D eigenvalue weighted by molar-refractivity contribution is -0.131. The van der Waals surface area contributed by atoms with Crippen molar-refractivity contribution >= 4 is 11.8 Å². The Balaban J connectivity index is 1.89. The van der Waals surface area contributed by atoms with Gasteiger partial charge in [0.1, 0.15) is 0 Å². The summed E-state index contributed by atoms with van der Waals surface area (Å²) in [4.78, 5) is 26.3. The number of ether oxygens (including phenoxy) is 2. The average molecular weight is 370 g/mol. The molecule has 0 aliphatic carbocycles. The van der Waals surface area contributed by atoms with Crippen molar-refractivity contribution in [3.8, 4) is 11.5 Å². The van der Waals surface area contributed by atoms with Crippen LogP contribution in [0.25, 0.3) is 0 Å². The Kier molecular flexibility index (Phi) is 7.67. The molecule has 0 aliphatic rings. The maximum atomic E-state index is 12.5. The molecule has 2 amide bonds. The van der Waals surface area contributed by atoms with Gasteiger partial charge < -0.3 is 19.7 Å². The lowest BCUT2D eigenvalue weighted by Crippen LogP contribution is -2.34. The van der Waals surface area contributed by atoms with Gasteiger partial charge in [-0.25, -0.2) is 0 Å². The minimum absolute atomic E-state index is 0.0133. The predicted octanol–water partition coefficient (Wildman–Crippen LogP) is 2.87. The van der Waals surface area contributed by atoms with Crippen LogP contribution in [0.15, 0.2) is 48.5 Å². The monoisotopic (exact) mass is 370 g/mol. The van der Waals surface area contributed by atoms with Gasteiger partial charge in [-0.3, -0.25) is 9.59 Å². The molecule has 0 radical (unpaired) electrons. The Morgan fingerprint density at radius 3 is 2.33 bits per heavy atom. The molecule has 144 valence electrons. The number of hydrogen-bond acceptors (Lipinski definition) is 4. The van der Waals surface area contributed by atoms with E-state index in [0.717, 1.165) is 5.56 Å². The molecular weight excluding hydrogens is 344 g/mol. The summed E-state index contributed by atoms with van der Waals surface area (Å²) in [5.74, 6) is 1.10. The van der Waals surface area contributed by atoms with Crippen LogP contribution in [-0.4, -0.2) is 44.0 Å². The standard InChI is InChI=1S/C21H26N2O4/c1-4-23(15-16-10-11-18(26-2)19(14-16)27-3)20(24)12-13-22-21(25)17-8-6-5-7-9-17/h5-11,14H,4,12-13,15H2,1-3H3,(H,22,25). The number of methoxy groups -OCH3 is 2. The molecule has 6 heteroatoms. The van der Waals surface area contributed by atoms with E-state index in [0.29, 0.717) is 36.7 Å². The smallest absolute Gasteiger partial charge is 0.251 e. The largest absolute Gasteiger partial charge is 0.493 e. The number of nitrogens with zero attached hydrogens (tertiary/aromatic N) is 1. The number of carbonyl (C=O) groups excluding carboxylic acids is 2. The zero-order valence-electron chi connectivity index (χ0n) is 16.0. The molecule has 0 aliphatic heterocycles. The van der Waals surface area contributed by atoms with Gasteiger partial charge in [-0.15, -0.1) is 0 Å². The van der Waals surface area contributed by atoms with E-state index >= 15 is 0 Å². The highest BCUT2D eigenvalue weighted by Gasteiger charge is 2.14. The van der Waals surface area contributed by atoms with Gasteiger partial charge in [0, 0.05) is 31.6 Å². The number of amides is 2. The highest BCUT2D eigenvalue weighted by atomic mass is 16.5. The molecule has 0 spiro atoms. The van der Waals surface area contributed by atoms with Crippen LogP contribution in [-0.2, 0) is 11.3 Å². The molecule has 2 rings (SSSR count). The van der Waals surface area contributed by atoms with E-state index in [1.807, 2.05) is 43.3 Å². The number of rotatable bonds is 9. The van der Waals surface area contributed by atoms with Crippen molar-refractivity contribution in [2.45, 2.75) is 19.9 Å². The van der Waals surface area contributed by atoms with Gasteiger partial charge in [-0.2, -0.15) is 0 Å². The minimum Gasteiger partial charge on any atom is -0.493 e. The van der Waals surface area contributed by atoms with Crippen molar-refractivity contribution in [3.05, 3.63) is 59.7 Å². The number of nitrogens with one attached hydrogen (secondary N) is 1. The summed E-state index contributed by atoms with van der Waals surface area (Å²) in [6.07, 6.45) is 0.250. The van der Waals surface area contributed by atoms with Crippen molar-refractivity contribution in [2.75, 3.05) is 27.3 Å². The van der Waals surface area contributed by atoms with Gasteiger partial charge in [-0.1, -0.05) is 24.3 Å². The van der Waals surface area contributed by atoms with Crippen LogP contribution in [0.3, 0.4) is 0 Å². The summed E-state index contributed by atoms with van der Waals surface area (Å²) in [5.41, 5.74) is 1.54. The summed E-state index contributed by atoms with van der Waals surface area (Å²) in [6.45, 7) is 3.29. The quantitative estimate of drug-likeness (QED) is 0.737. The number of carbonyl (C=O) groups is 2. The van der Waals surface area contributed by atoms with E-state index in [4.69, 9.17) is 9.47 Å². The second-order valence-corrected chi connectivity index (χ2v) is 5.97. The average Bonchev–Trinajstić information content (AvgIpc) is 2.72. The molecule has 0 atom stereocenters. The Labute approximate surface area is 160 Å². The van der Waals surface area contributed by atoms with Gasteiger partial charge in [0.15, 0.2) is 11.5 Å². The lowest BCUT2D eigenvalue weighted by atomic mass is 10.1. The summed E-state index contributed by atoms with van der Waals surface area (Å²) >= 11 is 0. The normalized spacial score (nSPS) is 10.2. The molecule has 2 aromatic rings. The van der Waals surface area contributed by atoms with Crippen molar-refractivity contribution in [1.29, 1.82) is 0 Å². The SMILES string of the molecule is CCN(Cc1ccc(OC)c(OC)c1)C(=O)CCNC(=O)c1ccccc1. The van der Waals surface area contributed by atoms with Crippen LogP contribution in [0.1, 0.15) is 29.3 Å². The lowest BCUT2D eigenvalue weighted by Gasteiger charge is -2.22. The molecule has 0 saturated carbocycles. The van der Waals surface area contributed by atoms with Gasteiger partial charge >= 0.3 is 0 Å². The van der Waals surface area contributed by atoms with E-state index < -0.39 is 0 Å². The van der Waals surface area contributed by atoms with E-state index in [1.54, 1.807) is 31.3 Å². The third-order valence-electron chi connectivity index (χ3n) is 4.22. The molecule has 0 bridgehead atoms. The molecular formula is C21H26N2O4. The molecule has 0 saturated heterocycles. The van der Waals surface area contributed by atoms with E-state index in [9.17, 15) is 9.59 Å². The zero-order valence-corrected chi connectivity index (χ0v) is 16.0. The summed E-state index contributed by atoms with van der Waals surface area (Å²) < 4.78 is 10.5. The van der Waals surface area contributed by atoms with Crippen LogP contribution in [0.4, 0.5) is 0 Å². The Bertz CT molecular complexity index is 762. The summed E-state index contributed by atoms with van der Waals surface area (Å²) in [6, 6.07) is 14.6. The third-order valence-corrected chi connectivity index (χ3v) is 4.22. The molecule has 0 unspecified atom stereocenters. The molecule has 0 aromatic heterocycles. The van der Waals surface area contributed by atoms with Crippen LogP contribution < -0.4 is 14.8 Å². The Morgan fingerprint density at radius 2 is 1.70 bits per heavy atom. The highest BCUT2D eigenvalue weighted by Crippen LogP contribution is 2.28. The van der Waals surface area contributed by atoms with Crippen molar-refractivity contribution < 1.29 is 19.1 Å². The molecule has 27 heavy (non-hydrogen) atoms. The second-order valence-electron chi connectivity index (χ2n) is 5.97. The first-order valence-corrected chi connectivity index (χ1v) is 8.91. The fourth-order valence-corrected chi connectivity index (χ4v) is 2.71. The summed E-state index contributed by atoms with van der Waals surface area (Å²) in [5, 5.41) is 2.78. The van der Waals surface area contributed by atoms with Crippen LogP contribution in [0, 0.1) is 0 Å². The van der Waals surface area contributed by atoms with E-state index in [1.165, 1.54) is 0 Å². The van der Waals surface area contributed by atoms with Gasteiger partial charge in [0.25, 0.3) is 5.91 Å². The summed E-state index contributed by atoms with van der Waals surface area (Å²) in [7, 11) is 3.17. The van der Waals surface area contributed by atoms with Gasteiger partial charge in [0.05, 0.1) is 14.2 Å². The minimum atomic E-state index is -0.175. The number of benzene rings is 2. The molecule has 0 fully saturated rings. The predicted molar refractivity (Wildman–Crippen MR) is 104 cm³/mol. The van der Waals surface area contributed by atoms with Crippen LogP contribution in [0.5, 0.6) is 11.5 Å². The number of hydrogen-bond donors (Lipinski definition) is 1. The van der Waals surface area contributed by atoms with Crippen molar-refractivity contribution in [1.82, 2.24) is 10.2 Å². The van der Waals surface area contributed by atoms with E-state index in [-0.39, 0.29) is 18.2 Å². The first-order chi connectivity index (χ1) is 13.1. The molecule has 0 heterocycles. The molecule has 1 N–H and O–H groups in total. The van der Waals surface area contributed by atoms with Crippen molar-refractivity contribution in [3.63, 3.8) is 0 Å². The Morgan fingerprint density at radius 1 is 1.00 bits per heavy atom. The highest BCUT2D eigenvalue weighted by molar-refractivity contribution is 5.94. The molecule has 6 nitrogen and oxygen atoms in total. The topological polar surface area (TPSA) is 67.9 Å². The van der Waals surface area contributed by atoms with Crippen molar-refractivity contribution in [2.24, 2.45) is 0 Å². The van der Waals surface area contributed by atoms with Gasteiger partial charge in [-0.05, 0) is 36.8 Å². The first kappa shape index (κ1) is 20.3. The maximum Gasteiger partial charge on any atom is 0.251 e. The van der Waals surface area contributed by atoms with Crippen LogP contribution in [0.2, 0.25) is 0 Å². The Hall–Kier alpha value is -3.02.